The predicted molar refractivity (Wildman–Crippen MR) is 66.2 cm³/mol. The van der Waals surface area contributed by atoms with Gasteiger partial charge in [0.15, 0.2) is 0 Å². The van der Waals surface area contributed by atoms with E-state index in [1.54, 1.807) is 0 Å². The molecule has 0 heterocycles. The van der Waals surface area contributed by atoms with Crippen LogP contribution in [0.4, 0.5) is 0 Å². The lowest BCUT2D eigenvalue weighted by Crippen LogP contribution is -2.56. The molecule has 1 unspecified atom stereocenters. The van der Waals surface area contributed by atoms with Crippen LogP contribution in [0.2, 0.25) is 0 Å². The summed E-state index contributed by atoms with van der Waals surface area (Å²) < 4.78 is 11.6. The second-order valence-electron chi connectivity index (χ2n) is 5.82. The van der Waals surface area contributed by atoms with Gasteiger partial charge >= 0.3 is 7.60 Å². The van der Waals surface area contributed by atoms with Crippen LogP contribution in [-0.2, 0) is 4.57 Å². The van der Waals surface area contributed by atoms with Crippen molar-refractivity contribution in [3.63, 3.8) is 0 Å². The molecule has 0 spiro atoms. The molecule has 0 aliphatic rings. The van der Waals surface area contributed by atoms with Gasteiger partial charge < -0.3 is 20.0 Å². The monoisotopic (exact) mass is 253 g/mol. The van der Waals surface area contributed by atoms with Crippen LogP contribution in [0.3, 0.4) is 0 Å². The Morgan fingerprint density at radius 2 is 1.69 bits per heavy atom. The second kappa shape index (κ2) is 5.61. The number of hydrogen-bond donors (Lipinski definition) is 3. The van der Waals surface area contributed by atoms with Crippen molar-refractivity contribution in [2.24, 2.45) is 11.7 Å². The fraction of sp³-hybridized carbons (Fsp3) is 1.00. The third-order valence-electron chi connectivity index (χ3n) is 2.65. The molecule has 0 aliphatic heterocycles. The van der Waals surface area contributed by atoms with Gasteiger partial charge in [-0.05, 0) is 5.92 Å². The Morgan fingerprint density at radius 3 is 1.94 bits per heavy atom. The first kappa shape index (κ1) is 16.1. The molecule has 98 valence electrons. The van der Waals surface area contributed by atoms with Crippen molar-refractivity contribution in [3.05, 3.63) is 0 Å². The third kappa shape index (κ3) is 6.61. The Bertz CT molecular complexity index is 257. The lowest BCUT2D eigenvalue weighted by molar-refractivity contribution is -0.897. The topological polar surface area (TPSA) is 83.6 Å². The fourth-order valence-corrected chi connectivity index (χ4v) is 2.74. The molecule has 0 aromatic carbocycles. The fourth-order valence-electron chi connectivity index (χ4n) is 1.94. The predicted octanol–water partition coefficient (Wildman–Crippen LogP) is 0.612. The zero-order valence-corrected chi connectivity index (χ0v) is 11.8. The van der Waals surface area contributed by atoms with Crippen LogP contribution in [-0.4, -0.2) is 53.7 Å². The number of hydrogen-bond acceptors (Lipinski definition) is 2. The Balaban J connectivity index is 4.70. The zero-order chi connectivity index (χ0) is 13.1. The Morgan fingerprint density at radius 1 is 1.25 bits per heavy atom. The van der Waals surface area contributed by atoms with Crippen LogP contribution < -0.4 is 5.73 Å². The van der Waals surface area contributed by atoms with Crippen LogP contribution in [0.5, 0.6) is 0 Å². The number of nitrogens with two attached hydrogens (primary N) is 1. The SMILES string of the molecule is CC(C)CC([C@H](N)CP(=O)(O)O)[N+](C)(C)C. The van der Waals surface area contributed by atoms with Crippen LogP contribution in [0.15, 0.2) is 0 Å². The second-order valence-corrected chi connectivity index (χ2v) is 7.52. The number of likely N-dealkylation sites (N-methyl/N-ethyl adjacent to an activating group) is 1. The van der Waals surface area contributed by atoms with Gasteiger partial charge in [0.25, 0.3) is 0 Å². The summed E-state index contributed by atoms with van der Waals surface area (Å²) in [5.74, 6) is 0.463. The van der Waals surface area contributed by atoms with E-state index in [1.165, 1.54) is 0 Å². The summed E-state index contributed by atoms with van der Waals surface area (Å²) in [5, 5.41) is 0. The van der Waals surface area contributed by atoms with Crippen molar-refractivity contribution in [2.75, 3.05) is 27.3 Å². The maximum absolute atomic E-state index is 11.0. The van der Waals surface area contributed by atoms with Gasteiger partial charge in [-0.1, -0.05) is 13.8 Å². The summed E-state index contributed by atoms with van der Waals surface area (Å²) >= 11 is 0. The molecular formula is C10H26N2O3P+. The summed E-state index contributed by atoms with van der Waals surface area (Å²) in [4.78, 5) is 17.9. The first-order chi connectivity index (χ1) is 6.93. The van der Waals surface area contributed by atoms with Crippen molar-refractivity contribution in [2.45, 2.75) is 32.4 Å². The summed E-state index contributed by atoms with van der Waals surface area (Å²) in [6, 6.07) is -0.407. The molecule has 0 aromatic rings. The maximum Gasteiger partial charge on any atom is 0.327 e. The van der Waals surface area contributed by atoms with E-state index in [4.69, 9.17) is 15.5 Å². The van der Waals surface area contributed by atoms with Gasteiger partial charge in [-0.25, -0.2) is 0 Å². The molecule has 0 radical (unpaired) electrons. The van der Waals surface area contributed by atoms with Gasteiger partial charge in [0.2, 0.25) is 0 Å². The normalized spacial score (nSPS) is 17.6. The van der Waals surface area contributed by atoms with Crippen LogP contribution >= 0.6 is 7.60 Å². The molecule has 0 bridgehead atoms. The third-order valence-corrected chi connectivity index (χ3v) is 3.55. The molecule has 0 rings (SSSR count). The molecule has 0 aromatic heterocycles. The molecule has 5 nitrogen and oxygen atoms in total. The molecule has 16 heavy (non-hydrogen) atoms. The van der Waals surface area contributed by atoms with Crippen molar-refractivity contribution >= 4 is 7.60 Å². The smallest absolute Gasteiger partial charge is 0.327 e. The lowest BCUT2D eigenvalue weighted by atomic mass is 9.96. The van der Waals surface area contributed by atoms with Crippen LogP contribution in [0.1, 0.15) is 20.3 Å². The van der Waals surface area contributed by atoms with Gasteiger partial charge in [-0.2, -0.15) is 0 Å². The van der Waals surface area contributed by atoms with Gasteiger partial charge in [-0.15, -0.1) is 0 Å². The van der Waals surface area contributed by atoms with Crippen molar-refractivity contribution in [1.29, 1.82) is 0 Å². The molecule has 0 saturated carbocycles. The maximum atomic E-state index is 11.0. The van der Waals surface area contributed by atoms with E-state index >= 15 is 0 Å². The zero-order valence-electron chi connectivity index (χ0n) is 10.9. The average Bonchev–Trinajstić information content (AvgIpc) is 1.93. The van der Waals surface area contributed by atoms with Gasteiger partial charge in [-0.3, -0.25) is 4.57 Å². The largest absolute Gasteiger partial charge is 0.327 e. The minimum Gasteiger partial charge on any atom is -0.327 e. The van der Waals surface area contributed by atoms with Crippen molar-refractivity contribution in [1.82, 2.24) is 0 Å². The van der Waals surface area contributed by atoms with E-state index in [0.29, 0.717) is 10.4 Å². The first-order valence-corrected chi connectivity index (χ1v) is 7.34. The average molecular weight is 253 g/mol. The molecule has 0 amide bonds. The summed E-state index contributed by atoms with van der Waals surface area (Å²) in [6.45, 7) is 4.18. The van der Waals surface area contributed by atoms with Gasteiger partial charge in [0.05, 0.1) is 33.3 Å². The van der Waals surface area contributed by atoms with Crippen LogP contribution in [0, 0.1) is 5.92 Å². The van der Waals surface area contributed by atoms with E-state index in [9.17, 15) is 4.57 Å². The highest BCUT2D eigenvalue weighted by atomic mass is 31.2. The highest BCUT2D eigenvalue weighted by molar-refractivity contribution is 7.51. The minimum atomic E-state index is -4.02. The molecule has 0 saturated heterocycles. The van der Waals surface area contributed by atoms with E-state index in [2.05, 4.69) is 13.8 Å². The Kier molecular flexibility index (Phi) is 5.63. The first-order valence-electron chi connectivity index (χ1n) is 5.54. The summed E-state index contributed by atoms with van der Waals surface area (Å²) in [7, 11) is 2.00. The van der Waals surface area contributed by atoms with E-state index in [0.717, 1.165) is 6.42 Å². The van der Waals surface area contributed by atoms with Gasteiger partial charge in [0, 0.05) is 6.42 Å². The Hall–Kier alpha value is 0.0700. The highest BCUT2D eigenvalue weighted by Gasteiger charge is 2.34. The summed E-state index contributed by atoms with van der Waals surface area (Å²) in [6.07, 6.45) is 0.630. The van der Waals surface area contributed by atoms with Crippen LogP contribution in [0.25, 0.3) is 0 Å². The highest BCUT2D eigenvalue weighted by Crippen LogP contribution is 2.36. The molecular weight excluding hydrogens is 227 g/mol. The number of rotatable bonds is 6. The number of quaternary nitrogens is 1. The Labute approximate surface area is 98.4 Å². The molecule has 6 heteroatoms. The van der Waals surface area contributed by atoms with E-state index < -0.39 is 13.6 Å². The van der Waals surface area contributed by atoms with Crippen molar-refractivity contribution in [3.8, 4) is 0 Å². The summed E-state index contributed by atoms with van der Waals surface area (Å²) in [5.41, 5.74) is 5.93. The minimum absolute atomic E-state index is 0.0626. The van der Waals surface area contributed by atoms with E-state index in [1.807, 2.05) is 21.1 Å². The molecule has 0 fully saturated rings. The number of nitrogens with zero attached hydrogens (tertiary/aromatic N) is 1. The molecule has 0 aliphatic carbocycles. The lowest BCUT2D eigenvalue weighted by Gasteiger charge is -2.38. The van der Waals surface area contributed by atoms with E-state index in [-0.39, 0.29) is 12.2 Å². The van der Waals surface area contributed by atoms with Crippen molar-refractivity contribution < 1.29 is 18.8 Å². The molecule has 4 N–H and O–H groups in total. The standard InChI is InChI=1S/C10H25N2O3P/c1-8(2)6-10(12(3,4)5)9(11)7-16(13,14)15/h8-10H,6-7,11H2,1-5H3,(H-,13,14,15)/p+1/t9-,10?/m1/s1. The quantitative estimate of drug-likeness (QED) is 0.478. The molecule has 2 atom stereocenters. The van der Waals surface area contributed by atoms with Gasteiger partial charge in [0.1, 0.15) is 6.04 Å².